The minimum atomic E-state index is -0.806. The van der Waals surface area contributed by atoms with Gasteiger partial charge >= 0.3 is 5.97 Å². The number of hydrogen-bond donors (Lipinski definition) is 1. The van der Waals surface area contributed by atoms with Crippen LogP contribution in [0, 0.1) is 30.6 Å². The summed E-state index contributed by atoms with van der Waals surface area (Å²) in [5, 5.41) is 13.1. The molecule has 0 bridgehead atoms. The second kappa shape index (κ2) is 9.67. The van der Waals surface area contributed by atoms with Crippen molar-refractivity contribution in [3.8, 4) is 6.07 Å². The van der Waals surface area contributed by atoms with Crippen LogP contribution in [0.15, 0.2) is 35.4 Å². The van der Waals surface area contributed by atoms with Crippen molar-refractivity contribution in [2.75, 3.05) is 18.9 Å². The molecule has 0 fully saturated rings. The van der Waals surface area contributed by atoms with Gasteiger partial charge < -0.3 is 4.74 Å². The lowest BCUT2D eigenvalue weighted by atomic mass is 9.76. The number of ketones is 1. The summed E-state index contributed by atoms with van der Waals surface area (Å²) < 4.78 is 4.94. The number of pyridine rings is 1. The van der Waals surface area contributed by atoms with Crippen molar-refractivity contribution in [3.05, 3.63) is 47.2 Å². The third kappa shape index (κ3) is 5.09. The topological polar surface area (TPSA) is 92.1 Å². The molecule has 6 nitrogen and oxygen atoms in total. The van der Waals surface area contributed by atoms with Crippen molar-refractivity contribution < 1.29 is 14.3 Å². The predicted octanol–water partition coefficient (Wildman–Crippen LogP) is 2.88. The van der Waals surface area contributed by atoms with Crippen molar-refractivity contribution in [2.24, 2.45) is 5.41 Å². The smallest absolute Gasteiger partial charge is 0.319 e. The van der Waals surface area contributed by atoms with E-state index < -0.39 is 5.41 Å². The fraction of sp³-hybridized carbons (Fsp3) is 0.429. The highest BCUT2D eigenvalue weighted by Gasteiger charge is 2.38. The fourth-order valence-corrected chi connectivity index (χ4v) is 4.16. The Bertz CT molecular complexity index is 857. The van der Waals surface area contributed by atoms with Crippen LogP contribution in [0.3, 0.4) is 0 Å². The molecule has 2 rings (SSSR count). The molecule has 0 spiro atoms. The van der Waals surface area contributed by atoms with E-state index in [2.05, 4.69) is 16.4 Å². The minimum absolute atomic E-state index is 0.00990. The lowest BCUT2D eigenvalue weighted by Crippen LogP contribution is -2.49. The van der Waals surface area contributed by atoms with Gasteiger partial charge in [0.2, 0.25) is 0 Å². The maximum Gasteiger partial charge on any atom is 0.319 e. The number of carbonyl (C=O) groups is 2. The Kier molecular flexibility index (Phi) is 7.55. The molecule has 1 aromatic heterocycles. The first-order valence-electron chi connectivity index (χ1n) is 9.11. The van der Waals surface area contributed by atoms with Crippen LogP contribution in [0.5, 0.6) is 0 Å². The monoisotopic (exact) mass is 399 g/mol. The quantitative estimate of drug-likeness (QED) is 0.531. The van der Waals surface area contributed by atoms with E-state index in [1.165, 1.54) is 11.8 Å². The molecule has 1 N–H and O–H groups in total. The molecule has 1 aliphatic carbocycles. The lowest BCUT2D eigenvalue weighted by Gasteiger charge is -2.34. The van der Waals surface area contributed by atoms with Crippen LogP contribution >= 0.6 is 11.8 Å². The first kappa shape index (κ1) is 21.9. The van der Waals surface area contributed by atoms with Crippen molar-refractivity contribution >= 4 is 23.5 Å². The van der Waals surface area contributed by atoms with Gasteiger partial charge in [-0.25, -0.2) is 4.98 Å². The number of Topliss-reactive ketones (excluding diaryl/α,β-unsaturated/α-hetero) is 1. The molecule has 2 unspecified atom stereocenters. The van der Waals surface area contributed by atoms with E-state index in [-0.39, 0.29) is 30.1 Å². The molecule has 28 heavy (non-hydrogen) atoms. The summed E-state index contributed by atoms with van der Waals surface area (Å²) >= 11 is 1.27. The molecule has 1 heterocycles. The molecule has 148 valence electrons. The van der Waals surface area contributed by atoms with E-state index in [4.69, 9.17) is 4.74 Å². The number of nitriles is 1. The second-order valence-corrected chi connectivity index (χ2v) is 7.74. The Morgan fingerprint density at radius 3 is 2.82 bits per heavy atom. The highest BCUT2D eigenvalue weighted by Crippen LogP contribution is 2.32. The number of carbonyl (C=O) groups excluding carboxylic acids is 2. The average molecular weight is 400 g/mol. The number of rotatable bonds is 8. The number of aryl methyl sites for hydroxylation is 2. The molecule has 7 heteroatoms. The van der Waals surface area contributed by atoms with Crippen LogP contribution in [0.4, 0.5) is 0 Å². The maximum absolute atomic E-state index is 13.1. The predicted molar refractivity (Wildman–Crippen MR) is 109 cm³/mol. The van der Waals surface area contributed by atoms with Crippen molar-refractivity contribution in [3.63, 3.8) is 0 Å². The summed E-state index contributed by atoms with van der Waals surface area (Å²) in [5.41, 5.74) is 1.36. The van der Waals surface area contributed by atoms with Gasteiger partial charge in [-0.3, -0.25) is 14.9 Å². The SMILES string of the molecule is CCOC(=O)CNC1C=CC=CC1(C)C(=O)CSc1nc(C)cc(C)c1C#N. The largest absolute Gasteiger partial charge is 0.465 e. The number of hydrogen-bond acceptors (Lipinski definition) is 7. The average Bonchev–Trinajstić information content (AvgIpc) is 2.65. The van der Waals surface area contributed by atoms with Crippen LogP contribution in [-0.4, -0.2) is 41.7 Å². The fourth-order valence-electron chi connectivity index (χ4n) is 3.02. The second-order valence-electron chi connectivity index (χ2n) is 6.77. The number of aromatic nitrogens is 1. The van der Waals surface area contributed by atoms with E-state index >= 15 is 0 Å². The lowest BCUT2D eigenvalue weighted by molar-refractivity contribution is -0.142. The number of nitrogens with zero attached hydrogens (tertiary/aromatic N) is 2. The van der Waals surface area contributed by atoms with Gasteiger partial charge in [0.25, 0.3) is 0 Å². The third-order valence-electron chi connectivity index (χ3n) is 4.64. The number of allylic oxidation sites excluding steroid dienone is 2. The minimum Gasteiger partial charge on any atom is -0.465 e. The van der Waals surface area contributed by atoms with Crippen LogP contribution < -0.4 is 5.32 Å². The van der Waals surface area contributed by atoms with Crippen LogP contribution in [-0.2, 0) is 14.3 Å². The van der Waals surface area contributed by atoms with E-state index in [1.807, 2.05) is 51.1 Å². The number of thioether (sulfide) groups is 1. The van der Waals surface area contributed by atoms with Crippen LogP contribution in [0.25, 0.3) is 0 Å². The summed E-state index contributed by atoms with van der Waals surface area (Å²) in [7, 11) is 0. The molecule has 0 aliphatic heterocycles. The van der Waals surface area contributed by atoms with Crippen LogP contribution in [0.1, 0.15) is 30.7 Å². The summed E-state index contributed by atoms with van der Waals surface area (Å²) in [6, 6.07) is 3.71. The molecule has 2 atom stereocenters. The molecule has 0 saturated heterocycles. The van der Waals surface area contributed by atoms with E-state index in [9.17, 15) is 14.9 Å². The van der Waals surface area contributed by atoms with Crippen molar-refractivity contribution in [2.45, 2.75) is 38.8 Å². The third-order valence-corrected chi connectivity index (χ3v) is 5.61. The first-order valence-corrected chi connectivity index (χ1v) is 10.1. The van der Waals surface area contributed by atoms with Gasteiger partial charge in [0.05, 0.1) is 29.9 Å². The Labute approximate surface area is 170 Å². The van der Waals surface area contributed by atoms with Gasteiger partial charge in [0, 0.05) is 11.7 Å². The summed E-state index contributed by atoms with van der Waals surface area (Å²) in [6.45, 7) is 7.68. The van der Waals surface area contributed by atoms with Gasteiger partial charge in [0.1, 0.15) is 11.1 Å². The standard InChI is InChI=1S/C21H25N3O3S/c1-5-27-19(26)12-23-17-8-6-7-9-21(17,4)18(25)13-28-20-16(11-22)14(2)10-15(3)24-20/h6-10,17,23H,5,12-13H2,1-4H3. The molecular formula is C21H25N3O3S. The summed E-state index contributed by atoms with van der Waals surface area (Å²) in [4.78, 5) is 29.2. The summed E-state index contributed by atoms with van der Waals surface area (Å²) in [5.74, 6) is -0.186. The Morgan fingerprint density at radius 1 is 1.39 bits per heavy atom. The molecule has 1 aliphatic rings. The van der Waals surface area contributed by atoms with E-state index in [0.29, 0.717) is 17.2 Å². The molecule has 1 aromatic rings. The first-order chi connectivity index (χ1) is 13.3. The van der Waals surface area contributed by atoms with Crippen molar-refractivity contribution in [1.29, 1.82) is 5.26 Å². The van der Waals surface area contributed by atoms with Gasteiger partial charge in [0.15, 0.2) is 5.78 Å². The Morgan fingerprint density at radius 2 is 2.14 bits per heavy atom. The zero-order valence-electron chi connectivity index (χ0n) is 16.6. The Hall–Kier alpha value is -2.43. The highest BCUT2D eigenvalue weighted by atomic mass is 32.2. The van der Waals surface area contributed by atoms with Crippen molar-refractivity contribution in [1.82, 2.24) is 10.3 Å². The molecule has 0 radical (unpaired) electrons. The van der Waals surface area contributed by atoms with Gasteiger partial charge in [-0.05, 0) is 39.3 Å². The molecule has 0 saturated carbocycles. The number of ether oxygens (including phenoxy) is 1. The van der Waals surface area contributed by atoms with Crippen LogP contribution in [0.2, 0.25) is 0 Å². The zero-order valence-corrected chi connectivity index (χ0v) is 17.4. The van der Waals surface area contributed by atoms with E-state index in [0.717, 1.165) is 11.3 Å². The number of esters is 1. The van der Waals surface area contributed by atoms with Gasteiger partial charge in [-0.2, -0.15) is 5.26 Å². The molecule has 0 aromatic carbocycles. The summed E-state index contributed by atoms with van der Waals surface area (Å²) in [6.07, 6.45) is 7.40. The normalized spacial score (nSPS) is 20.6. The number of nitrogens with one attached hydrogen (secondary N) is 1. The highest BCUT2D eigenvalue weighted by molar-refractivity contribution is 8.00. The van der Waals surface area contributed by atoms with E-state index in [1.54, 1.807) is 6.92 Å². The van der Waals surface area contributed by atoms with Gasteiger partial charge in [-0.15, -0.1) is 0 Å². The molecular weight excluding hydrogens is 374 g/mol. The molecule has 0 amide bonds. The zero-order chi connectivity index (χ0) is 20.7. The maximum atomic E-state index is 13.1. The Balaban J connectivity index is 2.11. The van der Waals surface area contributed by atoms with Gasteiger partial charge in [-0.1, -0.05) is 36.1 Å².